The van der Waals surface area contributed by atoms with Gasteiger partial charge < -0.3 is 9.84 Å². The molecule has 0 aromatic heterocycles. The summed E-state index contributed by atoms with van der Waals surface area (Å²) >= 11 is 0. The predicted molar refractivity (Wildman–Crippen MR) is 72.9 cm³/mol. The minimum atomic E-state index is -0.892. The van der Waals surface area contributed by atoms with Crippen molar-refractivity contribution in [2.24, 2.45) is 5.92 Å². The van der Waals surface area contributed by atoms with E-state index in [2.05, 4.69) is 29.2 Å². The van der Waals surface area contributed by atoms with E-state index in [1.165, 1.54) is 5.56 Å². The molecule has 1 aromatic carbocycles. The quantitative estimate of drug-likeness (QED) is 0.853. The molecule has 2 rings (SSSR count). The smallest absolute Gasteiger partial charge is 0.329 e. The first-order valence-electron chi connectivity index (χ1n) is 6.80. The number of piperidine rings is 1. The van der Waals surface area contributed by atoms with Crippen molar-refractivity contribution in [3.8, 4) is 0 Å². The molecule has 1 saturated heterocycles. The predicted octanol–water partition coefficient (Wildman–Crippen LogP) is 2.00. The van der Waals surface area contributed by atoms with Gasteiger partial charge in [0, 0.05) is 13.1 Å². The van der Waals surface area contributed by atoms with Gasteiger partial charge in [-0.3, -0.25) is 4.90 Å². The Hall–Kier alpha value is -1.39. The number of carbonyl (C=O) groups is 1. The molecular formula is C15H21NO3. The fourth-order valence-electron chi connectivity index (χ4n) is 2.59. The van der Waals surface area contributed by atoms with E-state index in [-0.39, 0.29) is 6.61 Å². The van der Waals surface area contributed by atoms with E-state index in [9.17, 15) is 4.79 Å². The van der Waals surface area contributed by atoms with E-state index in [1.54, 1.807) is 0 Å². The van der Waals surface area contributed by atoms with Crippen LogP contribution in [0.5, 0.6) is 0 Å². The van der Waals surface area contributed by atoms with Gasteiger partial charge in [0.05, 0.1) is 6.61 Å². The Morgan fingerprint density at radius 3 is 2.89 bits per heavy atom. The second kappa shape index (κ2) is 7.26. The largest absolute Gasteiger partial charge is 0.480 e. The van der Waals surface area contributed by atoms with Gasteiger partial charge in [-0.05, 0) is 30.9 Å². The van der Waals surface area contributed by atoms with Crippen LogP contribution in [0.3, 0.4) is 0 Å². The van der Waals surface area contributed by atoms with Crippen molar-refractivity contribution in [2.75, 3.05) is 26.3 Å². The van der Waals surface area contributed by atoms with E-state index >= 15 is 0 Å². The number of carboxylic acids is 1. The zero-order valence-corrected chi connectivity index (χ0v) is 11.1. The number of aliphatic carboxylic acids is 1. The maximum Gasteiger partial charge on any atom is 0.329 e. The van der Waals surface area contributed by atoms with Crippen molar-refractivity contribution in [3.63, 3.8) is 0 Å². The van der Waals surface area contributed by atoms with E-state index in [0.29, 0.717) is 12.5 Å². The molecule has 0 unspecified atom stereocenters. The average molecular weight is 263 g/mol. The lowest BCUT2D eigenvalue weighted by Gasteiger charge is -2.32. The van der Waals surface area contributed by atoms with Crippen LogP contribution in [0.4, 0.5) is 0 Å². The van der Waals surface area contributed by atoms with E-state index in [4.69, 9.17) is 9.84 Å². The highest BCUT2D eigenvalue weighted by molar-refractivity contribution is 5.67. The Morgan fingerprint density at radius 2 is 2.16 bits per heavy atom. The lowest BCUT2D eigenvalue weighted by molar-refractivity contribution is -0.142. The molecule has 1 aliphatic heterocycles. The lowest BCUT2D eigenvalue weighted by Crippen LogP contribution is -2.37. The molecule has 4 heteroatoms. The summed E-state index contributed by atoms with van der Waals surface area (Å²) in [6, 6.07) is 10.4. The van der Waals surface area contributed by atoms with Crippen molar-refractivity contribution in [2.45, 2.75) is 19.4 Å². The summed E-state index contributed by atoms with van der Waals surface area (Å²) in [5.41, 5.74) is 1.33. The highest BCUT2D eigenvalue weighted by atomic mass is 16.5. The van der Waals surface area contributed by atoms with Crippen LogP contribution in [0.2, 0.25) is 0 Å². The minimum absolute atomic E-state index is 0.185. The van der Waals surface area contributed by atoms with Crippen LogP contribution in [0, 0.1) is 5.92 Å². The van der Waals surface area contributed by atoms with Crippen molar-refractivity contribution < 1.29 is 14.6 Å². The third-order valence-corrected chi connectivity index (χ3v) is 3.43. The summed E-state index contributed by atoms with van der Waals surface area (Å²) in [6.07, 6.45) is 2.29. The van der Waals surface area contributed by atoms with Gasteiger partial charge in [0.25, 0.3) is 0 Å². The van der Waals surface area contributed by atoms with Crippen LogP contribution in [0.1, 0.15) is 18.4 Å². The van der Waals surface area contributed by atoms with E-state index < -0.39 is 5.97 Å². The van der Waals surface area contributed by atoms with Crippen molar-refractivity contribution >= 4 is 5.97 Å². The maximum absolute atomic E-state index is 10.4. The Labute approximate surface area is 114 Å². The number of carboxylic acid groups (broad SMARTS) is 1. The molecule has 0 amide bonds. The van der Waals surface area contributed by atoms with Gasteiger partial charge in [-0.15, -0.1) is 0 Å². The first kappa shape index (κ1) is 14.0. The minimum Gasteiger partial charge on any atom is -0.480 e. The van der Waals surface area contributed by atoms with Crippen LogP contribution in [-0.2, 0) is 16.1 Å². The number of hydrogen-bond acceptors (Lipinski definition) is 3. The van der Waals surface area contributed by atoms with E-state index in [0.717, 1.165) is 32.5 Å². The molecule has 1 heterocycles. The van der Waals surface area contributed by atoms with Crippen LogP contribution in [-0.4, -0.2) is 42.3 Å². The van der Waals surface area contributed by atoms with Gasteiger partial charge in [0.15, 0.2) is 0 Å². The third-order valence-electron chi connectivity index (χ3n) is 3.43. The normalized spacial score (nSPS) is 20.3. The number of rotatable bonds is 6. The van der Waals surface area contributed by atoms with Gasteiger partial charge in [-0.1, -0.05) is 30.3 Å². The molecule has 0 aliphatic carbocycles. The zero-order chi connectivity index (χ0) is 13.5. The van der Waals surface area contributed by atoms with E-state index in [1.807, 2.05) is 6.07 Å². The SMILES string of the molecule is O=C(O)COC[C@H]1CCCN(Cc2ccccc2)C1. The standard InChI is InChI=1S/C15H21NO3/c17-15(18)12-19-11-14-7-4-8-16(10-14)9-13-5-2-1-3-6-13/h1-3,5-6,14H,4,7-12H2,(H,17,18)/t14-/m0/s1. The van der Waals surface area contributed by atoms with Gasteiger partial charge in [-0.2, -0.15) is 0 Å². The van der Waals surface area contributed by atoms with Crippen molar-refractivity contribution in [3.05, 3.63) is 35.9 Å². The molecule has 1 N–H and O–H groups in total. The molecule has 1 aliphatic rings. The highest BCUT2D eigenvalue weighted by Gasteiger charge is 2.20. The monoisotopic (exact) mass is 263 g/mol. The Balaban J connectivity index is 1.75. The fourth-order valence-corrected chi connectivity index (χ4v) is 2.59. The van der Waals surface area contributed by atoms with Crippen LogP contribution in [0.15, 0.2) is 30.3 Å². The first-order valence-corrected chi connectivity index (χ1v) is 6.80. The Morgan fingerprint density at radius 1 is 1.37 bits per heavy atom. The lowest BCUT2D eigenvalue weighted by atomic mass is 9.98. The summed E-state index contributed by atoms with van der Waals surface area (Å²) in [5, 5.41) is 8.55. The van der Waals surface area contributed by atoms with Gasteiger partial charge in [-0.25, -0.2) is 4.79 Å². The second-order valence-corrected chi connectivity index (χ2v) is 5.14. The van der Waals surface area contributed by atoms with Gasteiger partial charge in [0.1, 0.15) is 6.61 Å². The molecule has 1 aromatic rings. The molecule has 104 valence electrons. The first-order chi connectivity index (χ1) is 9.24. The molecule has 0 bridgehead atoms. The number of benzene rings is 1. The summed E-state index contributed by atoms with van der Waals surface area (Å²) in [4.78, 5) is 12.8. The van der Waals surface area contributed by atoms with Crippen molar-refractivity contribution in [1.82, 2.24) is 4.90 Å². The Bertz CT molecular complexity index is 394. The number of hydrogen-bond donors (Lipinski definition) is 1. The fraction of sp³-hybridized carbons (Fsp3) is 0.533. The van der Waals surface area contributed by atoms with Crippen LogP contribution in [0.25, 0.3) is 0 Å². The second-order valence-electron chi connectivity index (χ2n) is 5.14. The molecular weight excluding hydrogens is 242 g/mol. The average Bonchev–Trinajstić information content (AvgIpc) is 2.40. The molecule has 1 atom stereocenters. The molecule has 0 radical (unpaired) electrons. The summed E-state index contributed by atoms with van der Waals surface area (Å²) < 4.78 is 5.21. The van der Waals surface area contributed by atoms with Gasteiger partial charge >= 0.3 is 5.97 Å². The van der Waals surface area contributed by atoms with Crippen molar-refractivity contribution in [1.29, 1.82) is 0 Å². The molecule has 1 fully saturated rings. The number of nitrogens with zero attached hydrogens (tertiary/aromatic N) is 1. The van der Waals surface area contributed by atoms with Crippen LogP contribution < -0.4 is 0 Å². The summed E-state index contributed by atoms with van der Waals surface area (Å²) in [6.45, 7) is 3.45. The maximum atomic E-state index is 10.4. The third kappa shape index (κ3) is 5.01. The topological polar surface area (TPSA) is 49.8 Å². The van der Waals surface area contributed by atoms with Crippen LogP contribution >= 0.6 is 0 Å². The summed E-state index contributed by atoms with van der Waals surface area (Å²) in [5.74, 6) is -0.436. The summed E-state index contributed by atoms with van der Waals surface area (Å²) in [7, 11) is 0. The zero-order valence-electron chi connectivity index (χ0n) is 11.1. The molecule has 4 nitrogen and oxygen atoms in total. The number of ether oxygens (including phenoxy) is 1. The molecule has 0 spiro atoms. The number of likely N-dealkylation sites (tertiary alicyclic amines) is 1. The Kier molecular flexibility index (Phi) is 5.36. The highest BCUT2D eigenvalue weighted by Crippen LogP contribution is 2.18. The van der Waals surface area contributed by atoms with Gasteiger partial charge in [0.2, 0.25) is 0 Å². The molecule has 0 saturated carbocycles. The molecule has 19 heavy (non-hydrogen) atoms.